The summed E-state index contributed by atoms with van der Waals surface area (Å²) in [5.41, 5.74) is 3.20. The molecule has 0 spiro atoms. The molecule has 4 nitrogen and oxygen atoms in total. The normalized spacial score (nSPS) is 14.1. The molecule has 1 aromatic heterocycles. The van der Waals surface area contributed by atoms with Crippen LogP contribution < -0.4 is 4.74 Å². The SMILES string of the molecule is COc1ccc(-n2c(CSC(=S)N3CCCC3)nc3ccccc32)cc1. The van der Waals surface area contributed by atoms with E-state index in [0.717, 1.165) is 51.5 Å². The number of para-hydroxylation sites is 2. The van der Waals surface area contributed by atoms with Gasteiger partial charge in [0.1, 0.15) is 15.9 Å². The number of thioether (sulfide) groups is 1. The van der Waals surface area contributed by atoms with E-state index in [1.165, 1.54) is 12.8 Å². The van der Waals surface area contributed by atoms with Crippen LogP contribution in [0.5, 0.6) is 5.75 Å². The lowest BCUT2D eigenvalue weighted by Gasteiger charge is -2.17. The predicted octanol–water partition coefficient (Wildman–Crippen LogP) is 4.65. The van der Waals surface area contributed by atoms with Crippen molar-refractivity contribution in [3.05, 3.63) is 54.4 Å². The van der Waals surface area contributed by atoms with E-state index in [9.17, 15) is 0 Å². The molecular weight excluding hydrogens is 362 g/mol. The number of nitrogens with zero attached hydrogens (tertiary/aromatic N) is 3. The van der Waals surface area contributed by atoms with E-state index >= 15 is 0 Å². The number of thiocarbonyl (C=S) groups is 1. The van der Waals surface area contributed by atoms with E-state index in [1.807, 2.05) is 18.2 Å². The van der Waals surface area contributed by atoms with Crippen LogP contribution in [-0.4, -0.2) is 39.0 Å². The van der Waals surface area contributed by atoms with Gasteiger partial charge in [0.05, 0.1) is 23.9 Å². The van der Waals surface area contributed by atoms with Crippen molar-refractivity contribution in [2.75, 3.05) is 20.2 Å². The summed E-state index contributed by atoms with van der Waals surface area (Å²) in [5, 5.41) is 0. The highest BCUT2D eigenvalue weighted by atomic mass is 32.2. The summed E-state index contributed by atoms with van der Waals surface area (Å²) in [6.07, 6.45) is 2.48. The van der Waals surface area contributed by atoms with Crippen molar-refractivity contribution >= 4 is 39.3 Å². The van der Waals surface area contributed by atoms with Gasteiger partial charge in [0.25, 0.3) is 0 Å². The Hall–Kier alpha value is -2.05. The summed E-state index contributed by atoms with van der Waals surface area (Å²) in [5.74, 6) is 2.63. The molecule has 3 aromatic rings. The first-order valence-electron chi connectivity index (χ1n) is 8.79. The summed E-state index contributed by atoms with van der Waals surface area (Å²) in [7, 11) is 1.68. The Kier molecular flexibility index (Phi) is 5.13. The fourth-order valence-corrected chi connectivity index (χ4v) is 4.48. The van der Waals surface area contributed by atoms with Gasteiger partial charge in [0, 0.05) is 18.8 Å². The summed E-state index contributed by atoms with van der Waals surface area (Å²) in [6, 6.07) is 16.3. The number of fused-ring (bicyclic) bond motifs is 1. The number of likely N-dealkylation sites (tertiary alicyclic amines) is 1. The molecule has 0 saturated carbocycles. The molecule has 0 amide bonds. The van der Waals surface area contributed by atoms with Crippen molar-refractivity contribution in [2.24, 2.45) is 0 Å². The molecule has 2 heterocycles. The first kappa shape index (κ1) is 17.4. The molecule has 2 aromatic carbocycles. The van der Waals surface area contributed by atoms with Crippen LogP contribution in [0.25, 0.3) is 16.7 Å². The third-order valence-corrected chi connectivity index (χ3v) is 6.17. The van der Waals surface area contributed by atoms with Gasteiger partial charge in [-0.25, -0.2) is 4.98 Å². The molecule has 1 aliphatic heterocycles. The van der Waals surface area contributed by atoms with Crippen LogP contribution >= 0.6 is 24.0 Å². The zero-order valence-electron chi connectivity index (χ0n) is 14.7. The van der Waals surface area contributed by atoms with Crippen molar-refractivity contribution in [2.45, 2.75) is 18.6 Å². The molecule has 134 valence electrons. The van der Waals surface area contributed by atoms with Gasteiger partial charge in [-0.2, -0.15) is 0 Å². The zero-order chi connectivity index (χ0) is 17.9. The van der Waals surface area contributed by atoms with Gasteiger partial charge in [-0.3, -0.25) is 4.57 Å². The first-order valence-corrected chi connectivity index (χ1v) is 10.2. The second kappa shape index (κ2) is 7.68. The second-order valence-electron chi connectivity index (χ2n) is 6.30. The minimum Gasteiger partial charge on any atom is -0.497 e. The molecule has 1 aliphatic rings. The van der Waals surface area contributed by atoms with Crippen molar-refractivity contribution < 1.29 is 4.74 Å². The summed E-state index contributed by atoms with van der Waals surface area (Å²) >= 11 is 7.33. The fourth-order valence-electron chi connectivity index (χ4n) is 3.31. The molecule has 0 N–H and O–H groups in total. The highest BCUT2D eigenvalue weighted by molar-refractivity contribution is 8.22. The predicted molar refractivity (Wildman–Crippen MR) is 112 cm³/mol. The summed E-state index contributed by atoms with van der Waals surface area (Å²) in [4.78, 5) is 7.17. The lowest BCUT2D eigenvalue weighted by molar-refractivity contribution is 0.414. The van der Waals surface area contributed by atoms with Gasteiger partial charge < -0.3 is 9.64 Å². The number of imidazole rings is 1. The van der Waals surface area contributed by atoms with Crippen molar-refractivity contribution in [3.63, 3.8) is 0 Å². The molecule has 26 heavy (non-hydrogen) atoms. The van der Waals surface area contributed by atoms with Gasteiger partial charge in [-0.1, -0.05) is 36.1 Å². The number of ether oxygens (including phenoxy) is 1. The van der Waals surface area contributed by atoms with E-state index in [4.69, 9.17) is 21.9 Å². The minimum atomic E-state index is 0.760. The number of benzene rings is 2. The number of hydrogen-bond acceptors (Lipinski definition) is 4. The van der Waals surface area contributed by atoms with Crippen LogP contribution in [-0.2, 0) is 5.75 Å². The lowest BCUT2D eigenvalue weighted by Crippen LogP contribution is -2.23. The van der Waals surface area contributed by atoms with Crippen LogP contribution in [0.15, 0.2) is 48.5 Å². The van der Waals surface area contributed by atoms with E-state index in [0.29, 0.717) is 0 Å². The van der Waals surface area contributed by atoms with Crippen molar-refractivity contribution in [1.29, 1.82) is 0 Å². The van der Waals surface area contributed by atoms with Crippen LogP contribution in [0.3, 0.4) is 0 Å². The van der Waals surface area contributed by atoms with E-state index in [1.54, 1.807) is 18.9 Å². The van der Waals surface area contributed by atoms with E-state index in [2.05, 4.69) is 39.8 Å². The molecular formula is C20H21N3OS2. The Labute approximate surface area is 163 Å². The Morgan fingerprint density at radius 2 is 1.85 bits per heavy atom. The van der Waals surface area contributed by atoms with Gasteiger partial charge in [0.2, 0.25) is 0 Å². The molecule has 0 radical (unpaired) electrons. The topological polar surface area (TPSA) is 30.3 Å². The minimum absolute atomic E-state index is 0.760. The monoisotopic (exact) mass is 383 g/mol. The number of rotatable bonds is 4. The van der Waals surface area contributed by atoms with Crippen LogP contribution in [0.4, 0.5) is 0 Å². The van der Waals surface area contributed by atoms with Gasteiger partial charge in [-0.05, 0) is 49.2 Å². The molecule has 4 rings (SSSR count). The lowest BCUT2D eigenvalue weighted by atomic mass is 10.2. The van der Waals surface area contributed by atoms with Gasteiger partial charge in [0.15, 0.2) is 0 Å². The largest absolute Gasteiger partial charge is 0.497 e. The Morgan fingerprint density at radius 3 is 2.58 bits per heavy atom. The van der Waals surface area contributed by atoms with Crippen LogP contribution in [0.2, 0.25) is 0 Å². The molecule has 0 aliphatic carbocycles. The van der Waals surface area contributed by atoms with Crippen LogP contribution in [0, 0.1) is 0 Å². The molecule has 0 unspecified atom stereocenters. The fraction of sp³-hybridized carbons (Fsp3) is 0.300. The smallest absolute Gasteiger partial charge is 0.136 e. The third kappa shape index (κ3) is 3.44. The molecule has 1 saturated heterocycles. The number of hydrogen-bond donors (Lipinski definition) is 0. The zero-order valence-corrected chi connectivity index (χ0v) is 16.4. The van der Waals surface area contributed by atoms with Crippen LogP contribution in [0.1, 0.15) is 18.7 Å². The Bertz CT molecular complexity index is 914. The number of aromatic nitrogens is 2. The standard InChI is InChI=1S/C20H21N3OS2/c1-24-16-10-8-15(9-11-16)23-18-7-3-2-6-17(18)21-19(23)14-26-20(25)22-12-4-5-13-22/h2-3,6-11H,4-5,12-14H2,1H3. The summed E-state index contributed by atoms with van der Waals surface area (Å²) in [6.45, 7) is 2.17. The average Bonchev–Trinajstić information content (AvgIpc) is 3.34. The maximum Gasteiger partial charge on any atom is 0.136 e. The highest BCUT2D eigenvalue weighted by Crippen LogP contribution is 2.27. The quantitative estimate of drug-likeness (QED) is 0.612. The highest BCUT2D eigenvalue weighted by Gasteiger charge is 2.18. The van der Waals surface area contributed by atoms with E-state index < -0.39 is 0 Å². The molecule has 0 atom stereocenters. The third-order valence-electron chi connectivity index (χ3n) is 4.65. The molecule has 0 bridgehead atoms. The van der Waals surface area contributed by atoms with Gasteiger partial charge >= 0.3 is 0 Å². The van der Waals surface area contributed by atoms with E-state index in [-0.39, 0.29) is 0 Å². The van der Waals surface area contributed by atoms with Gasteiger partial charge in [-0.15, -0.1) is 0 Å². The molecule has 6 heteroatoms. The Balaban J connectivity index is 1.65. The van der Waals surface area contributed by atoms with Crippen molar-refractivity contribution in [3.8, 4) is 11.4 Å². The summed E-state index contributed by atoms with van der Waals surface area (Å²) < 4.78 is 8.49. The average molecular weight is 384 g/mol. The first-order chi connectivity index (χ1) is 12.8. The maximum absolute atomic E-state index is 5.62. The second-order valence-corrected chi connectivity index (χ2v) is 7.91. The van der Waals surface area contributed by atoms with Crippen molar-refractivity contribution in [1.82, 2.24) is 14.5 Å². The molecule has 1 fully saturated rings. The maximum atomic E-state index is 5.62. The Morgan fingerprint density at radius 1 is 1.12 bits per heavy atom. The number of methoxy groups -OCH3 is 1.